The van der Waals surface area contributed by atoms with E-state index >= 15 is 0 Å². The number of methoxy groups -OCH3 is 1. The van der Waals surface area contributed by atoms with E-state index in [0.717, 1.165) is 19.4 Å². The molecule has 25 heavy (non-hydrogen) atoms. The number of benzene rings is 2. The molecule has 10 heteroatoms. The van der Waals surface area contributed by atoms with E-state index < -0.39 is 33.2 Å². The molecule has 0 fully saturated rings. The fourth-order valence-corrected chi connectivity index (χ4v) is 3.20. The van der Waals surface area contributed by atoms with Gasteiger partial charge in [0, 0.05) is 15.6 Å². The SMILES string of the molecule is COc1c(OS(C)(=O)=O)ccc(C(F)(F)F)c1-c1cc(Cl)cc(Cl)c1. The molecular formula is C15H11Cl2F3O4S. The summed E-state index contributed by atoms with van der Waals surface area (Å²) < 4.78 is 72.8. The maximum atomic E-state index is 13.4. The molecular weight excluding hydrogens is 404 g/mol. The van der Waals surface area contributed by atoms with Gasteiger partial charge in [-0.05, 0) is 35.9 Å². The van der Waals surface area contributed by atoms with Crippen molar-refractivity contribution in [2.24, 2.45) is 0 Å². The Kier molecular flexibility index (Phi) is 5.46. The molecule has 2 aromatic rings. The highest BCUT2D eigenvalue weighted by molar-refractivity contribution is 7.86. The van der Waals surface area contributed by atoms with Gasteiger partial charge in [0.25, 0.3) is 0 Å². The summed E-state index contributed by atoms with van der Waals surface area (Å²) in [7, 11) is -2.89. The van der Waals surface area contributed by atoms with Crippen LogP contribution < -0.4 is 8.92 Å². The van der Waals surface area contributed by atoms with E-state index in [4.69, 9.17) is 32.1 Å². The lowest BCUT2D eigenvalue weighted by Crippen LogP contribution is -2.11. The van der Waals surface area contributed by atoms with Crippen LogP contribution in [0, 0.1) is 0 Å². The normalized spacial score (nSPS) is 12.1. The summed E-state index contributed by atoms with van der Waals surface area (Å²) in [6, 6.07) is 5.43. The second-order valence-corrected chi connectivity index (χ2v) is 7.41. The highest BCUT2D eigenvalue weighted by Crippen LogP contribution is 2.47. The Morgan fingerprint density at radius 2 is 1.60 bits per heavy atom. The number of alkyl halides is 3. The molecule has 0 aliphatic rings. The van der Waals surface area contributed by atoms with Crippen LogP contribution in [0.2, 0.25) is 10.0 Å². The van der Waals surface area contributed by atoms with Crippen molar-refractivity contribution in [1.29, 1.82) is 0 Å². The maximum absolute atomic E-state index is 13.4. The van der Waals surface area contributed by atoms with Gasteiger partial charge in [-0.25, -0.2) is 0 Å². The molecule has 136 valence electrons. The molecule has 0 saturated heterocycles. The van der Waals surface area contributed by atoms with Crippen LogP contribution in [-0.4, -0.2) is 21.8 Å². The number of hydrogen-bond acceptors (Lipinski definition) is 4. The van der Waals surface area contributed by atoms with Gasteiger partial charge in [0.05, 0.1) is 18.9 Å². The first-order valence-corrected chi connectivity index (χ1v) is 9.13. The largest absolute Gasteiger partial charge is 0.492 e. The van der Waals surface area contributed by atoms with Crippen molar-refractivity contribution in [2.75, 3.05) is 13.4 Å². The fraction of sp³-hybridized carbons (Fsp3) is 0.200. The summed E-state index contributed by atoms with van der Waals surface area (Å²) in [5.74, 6) is -0.789. The second-order valence-electron chi connectivity index (χ2n) is 4.96. The van der Waals surface area contributed by atoms with Crippen LogP contribution in [-0.2, 0) is 16.3 Å². The molecule has 0 bridgehead atoms. The third kappa shape index (κ3) is 4.71. The van der Waals surface area contributed by atoms with Gasteiger partial charge in [0.1, 0.15) is 0 Å². The van der Waals surface area contributed by atoms with Crippen molar-refractivity contribution in [2.45, 2.75) is 6.18 Å². The molecule has 0 aliphatic carbocycles. The third-order valence-corrected chi connectivity index (χ3v) is 3.94. The fourth-order valence-electron chi connectivity index (χ4n) is 2.22. The Hall–Kier alpha value is -1.64. The lowest BCUT2D eigenvalue weighted by molar-refractivity contribution is -0.137. The zero-order valence-electron chi connectivity index (χ0n) is 12.8. The Morgan fingerprint density at radius 3 is 2.04 bits per heavy atom. The number of halogens is 5. The van der Waals surface area contributed by atoms with E-state index in [1.54, 1.807) is 0 Å². The minimum atomic E-state index is -4.74. The summed E-state index contributed by atoms with van der Waals surface area (Å²) in [4.78, 5) is 0. The molecule has 0 heterocycles. The molecule has 0 spiro atoms. The van der Waals surface area contributed by atoms with Crippen molar-refractivity contribution in [3.8, 4) is 22.6 Å². The molecule has 0 amide bonds. The monoisotopic (exact) mass is 414 g/mol. The summed E-state index contributed by atoms with van der Waals surface area (Å²) >= 11 is 11.7. The Bertz CT molecular complexity index is 891. The van der Waals surface area contributed by atoms with Gasteiger partial charge in [0.15, 0.2) is 11.5 Å². The van der Waals surface area contributed by atoms with Crippen molar-refractivity contribution in [3.05, 3.63) is 45.9 Å². The van der Waals surface area contributed by atoms with Gasteiger partial charge in [0.2, 0.25) is 0 Å². The van der Waals surface area contributed by atoms with Crippen molar-refractivity contribution in [1.82, 2.24) is 0 Å². The summed E-state index contributed by atoms with van der Waals surface area (Å²) in [5, 5.41) is 0.208. The molecule has 2 aromatic carbocycles. The minimum absolute atomic E-state index is 0.000580. The molecule has 0 radical (unpaired) electrons. The molecule has 0 N–H and O–H groups in total. The summed E-state index contributed by atoms with van der Waals surface area (Å²) in [6.45, 7) is 0. The Balaban J connectivity index is 2.87. The smallest absolute Gasteiger partial charge is 0.417 e. The van der Waals surface area contributed by atoms with Gasteiger partial charge >= 0.3 is 16.3 Å². The average molecular weight is 415 g/mol. The first-order chi connectivity index (χ1) is 11.4. The standard InChI is InChI=1S/C15H11Cl2F3O4S/c1-23-14-12(24-25(2,21)22)4-3-11(15(18,19)20)13(14)8-5-9(16)7-10(17)6-8/h3-7H,1-2H3. The van der Waals surface area contributed by atoms with Crippen LogP contribution in [0.5, 0.6) is 11.5 Å². The first kappa shape index (κ1) is 19.7. The number of hydrogen-bond donors (Lipinski definition) is 0. The van der Waals surface area contributed by atoms with Gasteiger partial charge < -0.3 is 8.92 Å². The number of rotatable bonds is 4. The van der Waals surface area contributed by atoms with Crippen LogP contribution >= 0.6 is 23.2 Å². The maximum Gasteiger partial charge on any atom is 0.417 e. The van der Waals surface area contributed by atoms with E-state index in [0.29, 0.717) is 6.07 Å². The molecule has 0 aliphatic heterocycles. The highest BCUT2D eigenvalue weighted by atomic mass is 35.5. The Labute approximate surface area is 152 Å². The highest BCUT2D eigenvalue weighted by Gasteiger charge is 2.36. The van der Waals surface area contributed by atoms with Crippen molar-refractivity contribution in [3.63, 3.8) is 0 Å². The average Bonchev–Trinajstić information content (AvgIpc) is 2.42. The topological polar surface area (TPSA) is 52.6 Å². The van der Waals surface area contributed by atoms with Crippen LogP contribution in [0.15, 0.2) is 30.3 Å². The molecule has 0 saturated carbocycles. The van der Waals surface area contributed by atoms with Gasteiger partial charge in [-0.1, -0.05) is 23.2 Å². The zero-order valence-corrected chi connectivity index (χ0v) is 15.1. The van der Waals surface area contributed by atoms with Gasteiger partial charge in [-0.15, -0.1) is 0 Å². The van der Waals surface area contributed by atoms with Crippen LogP contribution in [0.3, 0.4) is 0 Å². The summed E-state index contributed by atoms with van der Waals surface area (Å²) in [5.41, 5.74) is -1.48. The van der Waals surface area contributed by atoms with Crippen LogP contribution in [0.1, 0.15) is 5.56 Å². The zero-order chi connectivity index (χ0) is 19.0. The third-order valence-electron chi connectivity index (χ3n) is 3.02. The summed E-state index contributed by atoms with van der Waals surface area (Å²) in [6.07, 6.45) is -3.97. The van der Waals surface area contributed by atoms with E-state index in [9.17, 15) is 21.6 Å². The van der Waals surface area contributed by atoms with Crippen molar-refractivity contribution < 1.29 is 30.5 Å². The van der Waals surface area contributed by atoms with E-state index in [-0.39, 0.29) is 21.4 Å². The van der Waals surface area contributed by atoms with E-state index in [1.807, 2.05) is 0 Å². The second kappa shape index (κ2) is 6.93. The predicted octanol–water partition coefficient (Wildman–Crippen LogP) is 5.03. The minimum Gasteiger partial charge on any atom is -0.492 e. The predicted molar refractivity (Wildman–Crippen MR) is 88.9 cm³/mol. The van der Waals surface area contributed by atoms with E-state index in [1.165, 1.54) is 18.2 Å². The first-order valence-electron chi connectivity index (χ1n) is 6.56. The lowest BCUT2D eigenvalue weighted by atomic mass is 9.97. The molecule has 0 unspecified atom stereocenters. The molecule has 2 rings (SSSR count). The molecule has 0 atom stereocenters. The quantitative estimate of drug-likeness (QED) is 0.658. The van der Waals surface area contributed by atoms with E-state index in [2.05, 4.69) is 0 Å². The van der Waals surface area contributed by atoms with Crippen molar-refractivity contribution >= 4 is 33.3 Å². The van der Waals surface area contributed by atoms with Gasteiger partial charge in [-0.3, -0.25) is 0 Å². The number of ether oxygens (including phenoxy) is 1. The Morgan fingerprint density at radius 1 is 1.04 bits per heavy atom. The van der Waals surface area contributed by atoms with Crippen LogP contribution in [0.4, 0.5) is 13.2 Å². The lowest BCUT2D eigenvalue weighted by Gasteiger charge is -2.19. The van der Waals surface area contributed by atoms with Crippen LogP contribution in [0.25, 0.3) is 11.1 Å². The molecule has 0 aromatic heterocycles. The molecule has 4 nitrogen and oxygen atoms in total. The van der Waals surface area contributed by atoms with Gasteiger partial charge in [-0.2, -0.15) is 21.6 Å².